The molecule has 0 rings (SSSR count). The SMILES string of the molecule is CC(C)[C@@H](O)C(=O)NS. The molecule has 9 heavy (non-hydrogen) atoms. The van der Waals surface area contributed by atoms with E-state index < -0.39 is 12.0 Å². The molecule has 4 heteroatoms. The van der Waals surface area contributed by atoms with Gasteiger partial charge < -0.3 is 9.83 Å². The van der Waals surface area contributed by atoms with E-state index in [9.17, 15) is 4.79 Å². The molecule has 3 nitrogen and oxygen atoms in total. The highest BCUT2D eigenvalue weighted by atomic mass is 32.1. The van der Waals surface area contributed by atoms with Gasteiger partial charge in [0, 0.05) is 0 Å². The predicted octanol–water partition coefficient (Wildman–Crippen LogP) is -0.0357. The molecule has 1 amide bonds. The van der Waals surface area contributed by atoms with Crippen LogP contribution >= 0.6 is 12.8 Å². The first-order valence-corrected chi connectivity index (χ1v) is 3.16. The third-order valence-corrected chi connectivity index (χ3v) is 1.23. The lowest BCUT2D eigenvalue weighted by Gasteiger charge is -2.10. The molecule has 0 radical (unpaired) electrons. The summed E-state index contributed by atoms with van der Waals surface area (Å²) in [7, 11) is 0. The molecule has 0 saturated carbocycles. The van der Waals surface area contributed by atoms with Gasteiger partial charge in [0.15, 0.2) is 0 Å². The van der Waals surface area contributed by atoms with Crippen LogP contribution in [0.15, 0.2) is 0 Å². The number of carbonyl (C=O) groups is 1. The molecule has 0 unspecified atom stereocenters. The van der Waals surface area contributed by atoms with Crippen molar-refractivity contribution in [3.8, 4) is 0 Å². The molecular weight excluding hydrogens is 138 g/mol. The molecule has 54 valence electrons. The van der Waals surface area contributed by atoms with Gasteiger partial charge in [-0.25, -0.2) is 0 Å². The molecule has 2 N–H and O–H groups in total. The second kappa shape index (κ2) is 3.74. The summed E-state index contributed by atoms with van der Waals surface area (Å²) in [5.41, 5.74) is 0. The zero-order valence-corrected chi connectivity index (χ0v) is 6.35. The maximum Gasteiger partial charge on any atom is 0.258 e. The number of nitrogens with one attached hydrogen (secondary N) is 1. The summed E-state index contributed by atoms with van der Waals surface area (Å²) in [5, 5.41) is 8.93. The quantitative estimate of drug-likeness (QED) is 0.483. The van der Waals surface area contributed by atoms with E-state index in [2.05, 4.69) is 17.5 Å². The van der Waals surface area contributed by atoms with E-state index in [4.69, 9.17) is 5.11 Å². The smallest absolute Gasteiger partial charge is 0.258 e. The Morgan fingerprint density at radius 3 is 2.22 bits per heavy atom. The number of aliphatic hydroxyl groups excluding tert-OH is 1. The molecular formula is C5H11NO2S. The minimum atomic E-state index is -0.942. The third-order valence-electron chi connectivity index (χ3n) is 1.01. The standard InChI is InChI=1S/C5H11NO2S/c1-3(2)4(7)5(8)6-9/h3-4,7,9H,1-2H3,(H,6,8)/t4-/m1/s1. The molecule has 0 heterocycles. The van der Waals surface area contributed by atoms with Crippen LogP contribution in [0.2, 0.25) is 0 Å². The van der Waals surface area contributed by atoms with Crippen LogP contribution < -0.4 is 4.72 Å². The van der Waals surface area contributed by atoms with Crippen LogP contribution in [-0.2, 0) is 4.79 Å². The summed E-state index contributed by atoms with van der Waals surface area (Å²) >= 11 is 3.49. The number of hydrogen-bond donors (Lipinski definition) is 3. The van der Waals surface area contributed by atoms with Crippen molar-refractivity contribution < 1.29 is 9.90 Å². The monoisotopic (exact) mass is 149 g/mol. The fraction of sp³-hybridized carbons (Fsp3) is 0.800. The summed E-state index contributed by atoms with van der Waals surface area (Å²) < 4.78 is 2.05. The van der Waals surface area contributed by atoms with Crippen LogP contribution in [0.25, 0.3) is 0 Å². The van der Waals surface area contributed by atoms with Crippen LogP contribution in [0.1, 0.15) is 13.8 Å². The van der Waals surface area contributed by atoms with E-state index in [1.165, 1.54) is 0 Å². The lowest BCUT2D eigenvalue weighted by Crippen LogP contribution is -2.32. The van der Waals surface area contributed by atoms with Crippen molar-refractivity contribution in [3.05, 3.63) is 0 Å². The van der Waals surface area contributed by atoms with Gasteiger partial charge in [-0.1, -0.05) is 26.7 Å². The number of carbonyl (C=O) groups excluding carboxylic acids is 1. The van der Waals surface area contributed by atoms with Gasteiger partial charge in [0.2, 0.25) is 0 Å². The van der Waals surface area contributed by atoms with E-state index >= 15 is 0 Å². The Hall–Kier alpha value is -0.220. The average molecular weight is 149 g/mol. The Balaban J connectivity index is 3.72. The maximum absolute atomic E-state index is 10.5. The van der Waals surface area contributed by atoms with Crippen molar-refractivity contribution in [2.75, 3.05) is 0 Å². The van der Waals surface area contributed by atoms with Gasteiger partial charge in [0.25, 0.3) is 5.91 Å². The number of rotatable bonds is 2. The normalized spacial score (nSPS) is 13.4. The van der Waals surface area contributed by atoms with Crippen molar-refractivity contribution in [2.45, 2.75) is 20.0 Å². The first-order valence-electron chi connectivity index (χ1n) is 2.71. The number of aliphatic hydroxyl groups is 1. The van der Waals surface area contributed by atoms with Crippen molar-refractivity contribution in [1.82, 2.24) is 4.72 Å². The fourth-order valence-corrected chi connectivity index (χ4v) is 0.501. The Kier molecular flexibility index (Phi) is 3.65. The third kappa shape index (κ3) is 2.72. The molecule has 0 aromatic heterocycles. The first-order chi connectivity index (χ1) is 4.09. The number of amides is 1. The maximum atomic E-state index is 10.5. The van der Waals surface area contributed by atoms with Crippen molar-refractivity contribution in [1.29, 1.82) is 0 Å². The highest BCUT2D eigenvalue weighted by molar-refractivity contribution is 7.78. The minimum absolute atomic E-state index is 0.0582. The topological polar surface area (TPSA) is 49.3 Å². The van der Waals surface area contributed by atoms with Crippen LogP contribution in [0.3, 0.4) is 0 Å². The Morgan fingerprint density at radius 1 is 1.67 bits per heavy atom. The van der Waals surface area contributed by atoms with Crippen LogP contribution in [0.4, 0.5) is 0 Å². The molecule has 0 aromatic rings. The highest BCUT2D eigenvalue weighted by Crippen LogP contribution is 1.99. The van der Waals surface area contributed by atoms with Gasteiger partial charge in [-0.3, -0.25) is 4.79 Å². The zero-order valence-electron chi connectivity index (χ0n) is 5.46. The fourth-order valence-electron chi connectivity index (χ4n) is 0.369. The lowest BCUT2D eigenvalue weighted by molar-refractivity contribution is -0.129. The van der Waals surface area contributed by atoms with Crippen LogP contribution in [0.5, 0.6) is 0 Å². The number of hydrogen-bond acceptors (Lipinski definition) is 3. The second-order valence-electron chi connectivity index (χ2n) is 2.16. The Bertz CT molecular complexity index is 105. The Labute approximate surface area is 60.0 Å². The van der Waals surface area contributed by atoms with Gasteiger partial charge in [-0.15, -0.1) is 0 Å². The summed E-state index contributed by atoms with van der Waals surface area (Å²) in [5.74, 6) is -0.509. The molecule has 0 aliphatic heterocycles. The summed E-state index contributed by atoms with van der Waals surface area (Å²) in [6.45, 7) is 3.52. The lowest BCUT2D eigenvalue weighted by atomic mass is 10.1. The number of thiol groups is 1. The molecule has 0 aliphatic carbocycles. The van der Waals surface area contributed by atoms with E-state index in [1.54, 1.807) is 13.8 Å². The van der Waals surface area contributed by atoms with Crippen molar-refractivity contribution in [3.63, 3.8) is 0 Å². The minimum Gasteiger partial charge on any atom is -0.383 e. The second-order valence-corrected chi connectivity index (χ2v) is 2.39. The Morgan fingerprint density at radius 2 is 2.11 bits per heavy atom. The largest absolute Gasteiger partial charge is 0.383 e. The van der Waals surface area contributed by atoms with E-state index in [-0.39, 0.29) is 5.92 Å². The summed E-state index contributed by atoms with van der Waals surface area (Å²) in [6, 6.07) is 0. The zero-order chi connectivity index (χ0) is 7.44. The van der Waals surface area contributed by atoms with E-state index in [1.807, 2.05) is 0 Å². The molecule has 0 fully saturated rings. The molecule has 0 bridgehead atoms. The molecule has 1 atom stereocenters. The predicted molar refractivity (Wildman–Crippen MR) is 38.0 cm³/mol. The first kappa shape index (κ1) is 8.78. The van der Waals surface area contributed by atoms with Crippen LogP contribution in [0, 0.1) is 5.92 Å². The van der Waals surface area contributed by atoms with Gasteiger partial charge in [0.05, 0.1) is 0 Å². The van der Waals surface area contributed by atoms with Crippen molar-refractivity contribution in [2.24, 2.45) is 5.92 Å². The van der Waals surface area contributed by atoms with Crippen LogP contribution in [-0.4, -0.2) is 17.1 Å². The molecule has 0 aromatic carbocycles. The van der Waals surface area contributed by atoms with Gasteiger partial charge in [-0.05, 0) is 5.92 Å². The van der Waals surface area contributed by atoms with E-state index in [0.717, 1.165) is 0 Å². The summed E-state index contributed by atoms with van der Waals surface area (Å²) in [4.78, 5) is 10.5. The van der Waals surface area contributed by atoms with Gasteiger partial charge >= 0.3 is 0 Å². The summed E-state index contributed by atoms with van der Waals surface area (Å²) in [6.07, 6.45) is -0.942. The van der Waals surface area contributed by atoms with Gasteiger partial charge in [-0.2, -0.15) is 0 Å². The molecule has 0 aliphatic rings. The van der Waals surface area contributed by atoms with Gasteiger partial charge in [0.1, 0.15) is 6.10 Å². The highest BCUT2D eigenvalue weighted by Gasteiger charge is 2.16. The molecule has 0 spiro atoms. The average Bonchev–Trinajstić information content (AvgIpc) is 1.84. The van der Waals surface area contributed by atoms with Crippen molar-refractivity contribution >= 4 is 18.7 Å². The molecule has 0 saturated heterocycles. The van der Waals surface area contributed by atoms with E-state index in [0.29, 0.717) is 0 Å².